The van der Waals surface area contributed by atoms with Crippen molar-refractivity contribution in [3.63, 3.8) is 0 Å². The first-order valence-electron chi connectivity index (χ1n) is 9.11. The number of morpholine rings is 1. The van der Waals surface area contributed by atoms with E-state index in [-0.39, 0.29) is 24.8 Å². The van der Waals surface area contributed by atoms with Crippen LogP contribution in [0.15, 0.2) is 47.1 Å². The molecular formula is C21H22N2O4. The van der Waals surface area contributed by atoms with E-state index in [1.807, 2.05) is 36.4 Å². The Labute approximate surface area is 157 Å². The number of ether oxygens (including phenoxy) is 1. The lowest BCUT2D eigenvalue weighted by Gasteiger charge is -2.28. The van der Waals surface area contributed by atoms with Crippen LogP contribution in [0.2, 0.25) is 0 Å². The molecule has 1 saturated heterocycles. The number of carbonyl (C=O) groups is 2. The topological polar surface area (TPSA) is 63.0 Å². The standard InChI is InChI=1S/C21H22N2O4/c1-22(13-20(25)23-8-10-26-11-9-23)19(24)12-16-14-27-18-7-6-15-4-2-3-5-17(15)21(16)18/h2-7,14H,8-13H2,1H3. The van der Waals surface area contributed by atoms with Gasteiger partial charge in [0.05, 0.1) is 32.4 Å². The van der Waals surface area contributed by atoms with E-state index in [1.165, 1.54) is 4.90 Å². The molecule has 0 atom stereocenters. The summed E-state index contributed by atoms with van der Waals surface area (Å²) in [5, 5.41) is 3.14. The Morgan fingerprint density at radius 1 is 1.11 bits per heavy atom. The quantitative estimate of drug-likeness (QED) is 0.712. The van der Waals surface area contributed by atoms with Crippen molar-refractivity contribution in [1.82, 2.24) is 9.80 Å². The summed E-state index contributed by atoms with van der Waals surface area (Å²) in [6.45, 7) is 2.35. The number of benzene rings is 2. The first kappa shape index (κ1) is 17.5. The van der Waals surface area contributed by atoms with Crippen LogP contribution in [0.3, 0.4) is 0 Å². The zero-order chi connectivity index (χ0) is 18.8. The van der Waals surface area contributed by atoms with Crippen molar-refractivity contribution in [3.05, 3.63) is 48.2 Å². The van der Waals surface area contributed by atoms with Gasteiger partial charge in [-0.3, -0.25) is 9.59 Å². The third-order valence-corrected chi connectivity index (χ3v) is 5.04. The molecule has 6 heteroatoms. The maximum atomic E-state index is 12.7. The molecule has 4 rings (SSSR count). The number of furan rings is 1. The molecule has 0 radical (unpaired) electrons. The summed E-state index contributed by atoms with van der Waals surface area (Å²) in [4.78, 5) is 28.3. The zero-order valence-electron chi connectivity index (χ0n) is 15.3. The molecule has 0 unspecified atom stereocenters. The smallest absolute Gasteiger partial charge is 0.242 e. The van der Waals surface area contributed by atoms with Crippen molar-refractivity contribution in [2.75, 3.05) is 39.9 Å². The number of carbonyl (C=O) groups excluding carboxylic acids is 2. The predicted octanol–water partition coefficient (Wildman–Crippen LogP) is 2.45. The molecule has 6 nitrogen and oxygen atoms in total. The van der Waals surface area contributed by atoms with Gasteiger partial charge in [-0.15, -0.1) is 0 Å². The molecule has 2 heterocycles. The van der Waals surface area contributed by atoms with Crippen molar-refractivity contribution in [3.8, 4) is 0 Å². The summed E-state index contributed by atoms with van der Waals surface area (Å²) >= 11 is 0. The molecule has 2 aromatic carbocycles. The summed E-state index contributed by atoms with van der Waals surface area (Å²) in [5.41, 5.74) is 1.61. The highest BCUT2D eigenvalue weighted by Gasteiger charge is 2.21. The molecule has 1 aliphatic heterocycles. The minimum atomic E-state index is -0.104. The Hall–Kier alpha value is -2.86. The highest BCUT2D eigenvalue weighted by Crippen LogP contribution is 2.30. The van der Waals surface area contributed by atoms with Gasteiger partial charge in [0.25, 0.3) is 0 Å². The van der Waals surface area contributed by atoms with Crippen molar-refractivity contribution >= 4 is 33.6 Å². The fraction of sp³-hybridized carbons (Fsp3) is 0.333. The second-order valence-corrected chi connectivity index (χ2v) is 6.84. The van der Waals surface area contributed by atoms with Crippen LogP contribution in [-0.2, 0) is 20.7 Å². The summed E-state index contributed by atoms with van der Waals surface area (Å²) in [5.74, 6) is -0.149. The van der Waals surface area contributed by atoms with Gasteiger partial charge in [-0.05, 0) is 16.8 Å². The highest BCUT2D eigenvalue weighted by molar-refractivity contribution is 6.08. The van der Waals surface area contributed by atoms with Crippen LogP contribution in [0.5, 0.6) is 0 Å². The van der Waals surface area contributed by atoms with Crippen LogP contribution >= 0.6 is 0 Å². The molecule has 0 saturated carbocycles. The number of likely N-dealkylation sites (N-methyl/N-ethyl adjacent to an activating group) is 1. The van der Waals surface area contributed by atoms with Gasteiger partial charge in [-0.2, -0.15) is 0 Å². The Bertz CT molecular complexity index is 988. The monoisotopic (exact) mass is 366 g/mol. The predicted molar refractivity (Wildman–Crippen MR) is 102 cm³/mol. The highest BCUT2D eigenvalue weighted by atomic mass is 16.5. The molecule has 3 aromatic rings. The maximum absolute atomic E-state index is 12.7. The second kappa shape index (κ2) is 7.40. The Balaban J connectivity index is 1.50. The second-order valence-electron chi connectivity index (χ2n) is 6.84. The van der Waals surface area contributed by atoms with Crippen molar-refractivity contribution < 1.29 is 18.7 Å². The molecular weight excluding hydrogens is 344 g/mol. The van der Waals surface area contributed by atoms with E-state index in [0.717, 1.165) is 27.3 Å². The first-order valence-corrected chi connectivity index (χ1v) is 9.11. The van der Waals surface area contributed by atoms with Crippen molar-refractivity contribution in [2.24, 2.45) is 0 Å². The minimum Gasteiger partial charge on any atom is -0.464 e. The third-order valence-electron chi connectivity index (χ3n) is 5.04. The summed E-state index contributed by atoms with van der Waals surface area (Å²) in [7, 11) is 1.67. The molecule has 0 spiro atoms. The van der Waals surface area contributed by atoms with Gasteiger partial charge in [0.15, 0.2) is 0 Å². The fourth-order valence-corrected chi connectivity index (χ4v) is 3.51. The van der Waals surface area contributed by atoms with Crippen LogP contribution in [0, 0.1) is 0 Å². The Morgan fingerprint density at radius 2 is 1.89 bits per heavy atom. The van der Waals surface area contributed by atoms with Gasteiger partial charge in [0.1, 0.15) is 5.58 Å². The minimum absolute atomic E-state index is 0.0448. The van der Waals surface area contributed by atoms with Crippen molar-refractivity contribution in [1.29, 1.82) is 0 Å². The molecule has 2 amide bonds. The molecule has 1 aliphatic rings. The zero-order valence-corrected chi connectivity index (χ0v) is 15.3. The third kappa shape index (κ3) is 3.53. The molecule has 1 fully saturated rings. The van der Waals surface area contributed by atoms with E-state index in [9.17, 15) is 9.59 Å². The Kier molecular flexibility index (Phi) is 4.81. The fourth-order valence-electron chi connectivity index (χ4n) is 3.51. The number of hydrogen-bond donors (Lipinski definition) is 0. The molecule has 1 aromatic heterocycles. The lowest BCUT2D eigenvalue weighted by atomic mass is 10.0. The Morgan fingerprint density at radius 3 is 2.70 bits per heavy atom. The van der Waals surface area contributed by atoms with Gasteiger partial charge < -0.3 is 19.0 Å². The number of amides is 2. The average molecular weight is 366 g/mol. The number of hydrogen-bond acceptors (Lipinski definition) is 4. The summed E-state index contributed by atoms with van der Waals surface area (Å²) in [6.07, 6.45) is 1.85. The molecule has 0 aliphatic carbocycles. The number of nitrogens with zero attached hydrogens (tertiary/aromatic N) is 2. The van der Waals surface area contributed by atoms with Gasteiger partial charge in [-0.25, -0.2) is 0 Å². The average Bonchev–Trinajstić information content (AvgIpc) is 3.12. The SMILES string of the molecule is CN(CC(=O)N1CCOCC1)C(=O)Cc1coc2ccc3ccccc3c12. The van der Waals surface area contributed by atoms with Crippen LogP contribution < -0.4 is 0 Å². The van der Waals surface area contributed by atoms with E-state index >= 15 is 0 Å². The number of fused-ring (bicyclic) bond motifs is 3. The van der Waals surface area contributed by atoms with Gasteiger partial charge in [0, 0.05) is 31.1 Å². The molecule has 0 bridgehead atoms. The lowest BCUT2D eigenvalue weighted by molar-refractivity contribution is -0.141. The van der Waals surface area contributed by atoms with Crippen LogP contribution in [0.25, 0.3) is 21.7 Å². The van der Waals surface area contributed by atoms with E-state index in [2.05, 4.69) is 0 Å². The molecule has 27 heavy (non-hydrogen) atoms. The van der Waals surface area contributed by atoms with E-state index in [1.54, 1.807) is 18.2 Å². The first-order chi connectivity index (χ1) is 13.1. The lowest BCUT2D eigenvalue weighted by Crippen LogP contribution is -2.46. The van der Waals surface area contributed by atoms with Gasteiger partial charge in [0.2, 0.25) is 11.8 Å². The summed E-state index contributed by atoms with van der Waals surface area (Å²) in [6, 6.07) is 12.0. The maximum Gasteiger partial charge on any atom is 0.242 e. The molecule has 0 N–H and O–H groups in total. The van der Waals surface area contributed by atoms with Crippen LogP contribution in [0.4, 0.5) is 0 Å². The molecule has 140 valence electrons. The largest absolute Gasteiger partial charge is 0.464 e. The van der Waals surface area contributed by atoms with Crippen LogP contribution in [0.1, 0.15) is 5.56 Å². The van der Waals surface area contributed by atoms with Crippen LogP contribution in [-0.4, -0.2) is 61.5 Å². The van der Waals surface area contributed by atoms with E-state index in [4.69, 9.17) is 9.15 Å². The van der Waals surface area contributed by atoms with E-state index in [0.29, 0.717) is 26.3 Å². The van der Waals surface area contributed by atoms with E-state index < -0.39 is 0 Å². The van der Waals surface area contributed by atoms with Gasteiger partial charge >= 0.3 is 0 Å². The summed E-state index contributed by atoms with van der Waals surface area (Å²) < 4.78 is 10.9. The van der Waals surface area contributed by atoms with Crippen molar-refractivity contribution in [2.45, 2.75) is 6.42 Å². The van der Waals surface area contributed by atoms with Gasteiger partial charge in [-0.1, -0.05) is 30.3 Å². The number of rotatable bonds is 4. The normalized spacial score (nSPS) is 14.6.